The van der Waals surface area contributed by atoms with Crippen LogP contribution in [-0.4, -0.2) is 38.5 Å². The first kappa shape index (κ1) is 18.5. The van der Waals surface area contributed by atoms with Gasteiger partial charge in [0.2, 0.25) is 5.91 Å². The third kappa shape index (κ3) is 3.34. The number of hydrogen-bond acceptors (Lipinski definition) is 3. The topological polar surface area (TPSA) is 79.6 Å². The van der Waals surface area contributed by atoms with Crippen molar-refractivity contribution in [3.63, 3.8) is 0 Å². The largest absolute Gasteiger partial charge is 0.480 e. The molecule has 1 amide bonds. The van der Waals surface area contributed by atoms with Crippen LogP contribution in [0.25, 0.3) is 0 Å². The SMILES string of the molecule is O=C(O)C1CC2CCCCC2N1C(=O)Cn1cccc(C(F)(F)F)c1=O. The molecular formula is C17H19F3N2O4. The molecule has 1 N–H and O–H groups in total. The number of carboxylic acids is 1. The molecule has 142 valence electrons. The lowest BCUT2D eigenvalue weighted by molar-refractivity contribution is -0.150. The normalized spacial score (nSPS) is 25.8. The van der Waals surface area contributed by atoms with Crippen LogP contribution < -0.4 is 5.56 Å². The van der Waals surface area contributed by atoms with E-state index in [9.17, 15) is 32.7 Å². The lowest BCUT2D eigenvalue weighted by atomic mass is 9.85. The number of alkyl halides is 3. The quantitative estimate of drug-likeness (QED) is 0.881. The third-order valence-electron chi connectivity index (χ3n) is 5.29. The zero-order chi connectivity index (χ0) is 19.1. The lowest BCUT2D eigenvalue weighted by Gasteiger charge is -2.33. The van der Waals surface area contributed by atoms with Crippen molar-refractivity contribution < 1.29 is 27.9 Å². The zero-order valence-electron chi connectivity index (χ0n) is 13.9. The van der Waals surface area contributed by atoms with Gasteiger partial charge in [-0.2, -0.15) is 13.2 Å². The minimum Gasteiger partial charge on any atom is -0.480 e. The smallest absolute Gasteiger partial charge is 0.421 e. The fourth-order valence-corrected chi connectivity index (χ4v) is 4.14. The Morgan fingerprint density at radius 3 is 2.58 bits per heavy atom. The predicted molar refractivity (Wildman–Crippen MR) is 84.3 cm³/mol. The molecule has 1 saturated carbocycles. The molecule has 3 rings (SSSR count). The molecule has 1 aliphatic carbocycles. The molecule has 2 heterocycles. The van der Waals surface area contributed by atoms with Crippen molar-refractivity contribution in [2.75, 3.05) is 0 Å². The Bertz CT molecular complexity index is 774. The van der Waals surface area contributed by atoms with Gasteiger partial charge in [0, 0.05) is 12.2 Å². The lowest BCUT2D eigenvalue weighted by Crippen LogP contribution is -2.48. The molecule has 1 aromatic heterocycles. The second-order valence-corrected chi connectivity index (χ2v) is 6.86. The van der Waals surface area contributed by atoms with Gasteiger partial charge in [-0.1, -0.05) is 12.8 Å². The Labute approximate surface area is 147 Å². The number of aliphatic carboxylic acids is 1. The van der Waals surface area contributed by atoms with Gasteiger partial charge in [0.25, 0.3) is 5.56 Å². The van der Waals surface area contributed by atoms with Crippen LogP contribution >= 0.6 is 0 Å². The van der Waals surface area contributed by atoms with Crippen LogP contribution in [0.3, 0.4) is 0 Å². The number of nitrogens with zero attached hydrogens (tertiary/aromatic N) is 2. The van der Waals surface area contributed by atoms with Gasteiger partial charge in [0.15, 0.2) is 0 Å². The van der Waals surface area contributed by atoms with Crippen LogP contribution in [0.5, 0.6) is 0 Å². The highest BCUT2D eigenvalue weighted by molar-refractivity contribution is 5.84. The van der Waals surface area contributed by atoms with E-state index in [0.717, 1.165) is 31.5 Å². The Morgan fingerprint density at radius 2 is 1.92 bits per heavy atom. The van der Waals surface area contributed by atoms with Crippen molar-refractivity contribution in [3.05, 3.63) is 34.2 Å². The molecule has 2 aliphatic rings. The molecule has 6 nitrogen and oxygen atoms in total. The highest BCUT2D eigenvalue weighted by atomic mass is 19.4. The number of amides is 1. The summed E-state index contributed by atoms with van der Waals surface area (Å²) in [5, 5.41) is 9.44. The minimum atomic E-state index is -4.81. The molecule has 1 aromatic rings. The van der Waals surface area contributed by atoms with Crippen molar-refractivity contribution in [1.82, 2.24) is 9.47 Å². The van der Waals surface area contributed by atoms with E-state index in [0.29, 0.717) is 23.5 Å². The van der Waals surface area contributed by atoms with Crippen LogP contribution in [0.4, 0.5) is 13.2 Å². The summed E-state index contributed by atoms with van der Waals surface area (Å²) in [5.41, 5.74) is -2.65. The summed E-state index contributed by atoms with van der Waals surface area (Å²) in [6.45, 7) is -0.601. The maximum Gasteiger partial charge on any atom is 0.421 e. The van der Waals surface area contributed by atoms with E-state index in [-0.39, 0.29) is 12.0 Å². The van der Waals surface area contributed by atoms with E-state index in [1.165, 1.54) is 4.90 Å². The third-order valence-corrected chi connectivity index (χ3v) is 5.29. The van der Waals surface area contributed by atoms with E-state index in [1.54, 1.807) is 0 Å². The van der Waals surface area contributed by atoms with E-state index < -0.39 is 41.8 Å². The molecule has 9 heteroatoms. The first-order valence-electron chi connectivity index (χ1n) is 8.50. The first-order valence-corrected chi connectivity index (χ1v) is 8.50. The highest BCUT2D eigenvalue weighted by Gasteiger charge is 2.47. The summed E-state index contributed by atoms with van der Waals surface area (Å²) < 4.78 is 39.3. The predicted octanol–water partition coefficient (Wildman–Crippen LogP) is 2.11. The van der Waals surface area contributed by atoms with Crippen LogP contribution in [0.1, 0.15) is 37.7 Å². The molecular weight excluding hydrogens is 353 g/mol. The van der Waals surface area contributed by atoms with Crippen LogP contribution in [0.15, 0.2) is 23.1 Å². The number of carboxylic acid groups (broad SMARTS) is 1. The van der Waals surface area contributed by atoms with E-state index >= 15 is 0 Å². The van der Waals surface area contributed by atoms with Crippen molar-refractivity contribution in [2.45, 2.75) is 56.9 Å². The Hall–Kier alpha value is -2.32. The molecule has 1 saturated heterocycles. The average Bonchev–Trinajstić information content (AvgIpc) is 2.95. The number of hydrogen-bond donors (Lipinski definition) is 1. The standard InChI is InChI=1S/C17H19F3N2O4/c18-17(19,20)11-5-3-7-21(15(11)24)9-14(23)22-12-6-2-1-4-10(12)8-13(22)16(25)26/h3,5,7,10,12-13H,1-2,4,6,8-9H2,(H,25,26). The monoisotopic (exact) mass is 372 g/mol. The highest BCUT2D eigenvalue weighted by Crippen LogP contribution is 2.40. The number of carbonyl (C=O) groups is 2. The number of fused-ring (bicyclic) bond motifs is 1. The molecule has 0 radical (unpaired) electrons. The Morgan fingerprint density at radius 1 is 1.23 bits per heavy atom. The molecule has 2 fully saturated rings. The summed E-state index contributed by atoms with van der Waals surface area (Å²) in [7, 11) is 0. The minimum absolute atomic E-state index is 0.0898. The summed E-state index contributed by atoms with van der Waals surface area (Å²) in [6, 6.07) is 0.506. The molecule has 0 spiro atoms. The number of likely N-dealkylation sites (tertiary alicyclic amines) is 1. The number of rotatable bonds is 3. The summed E-state index contributed by atoms with van der Waals surface area (Å²) >= 11 is 0. The number of pyridine rings is 1. The van der Waals surface area contributed by atoms with Crippen molar-refractivity contribution in [2.24, 2.45) is 5.92 Å². The van der Waals surface area contributed by atoms with Crippen LogP contribution in [0.2, 0.25) is 0 Å². The van der Waals surface area contributed by atoms with Crippen LogP contribution in [-0.2, 0) is 22.3 Å². The molecule has 0 bridgehead atoms. The van der Waals surface area contributed by atoms with Gasteiger partial charge in [-0.05, 0) is 37.3 Å². The second-order valence-electron chi connectivity index (χ2n) is 6.86. The van der Waals surface area contributed by atoms with Gasteiger partial charge >= 0.3 is 12.1 Å². The van der Waals surface area contributed by atoms with Crippen molar-refractivity contribution >= 4 is 11.9 Å². The van der Waals surface area contributed by atoms with Gasteiger partial charge in [-0.15, -0.1) is 0 Å². The summed E-state index contributed by atoms with van der Waals surface area (Å²) in [4.78, 5) is 37.6. The number of aromatic nitrogens is 1. The maximum absolute atomic E-state index is 12.9. The van der Waals surface area contributed by atoms with E-state index in [4.69, 9.17) is 0 Å². The van der Waals surface area contributed by atoms with Gasteiger partial charge in [-0.3, -0.25) is 9.59 Å². The van der Waals surface area contributed by atoms with Crippen molar-refractivity contribution in [1.29, 1.82) is 0 Å². The van der Waals surface area contributed by atoms with Gasteiger partial charge in [-0.25, -0.2) is 4.79 Å². The van der Waals surface area contributed by atoms with E-state index in [1.807, 2.05) is 0 Å². The first-order chi connectivity index (χ1) is 12.2. The summed E-state index contributed by atoms with van der Waals surface area (Å²) in [6.07, 6.45) is 0.0145. The second kappa shape index (κ2) is 6.77. The molecule has 0 aromatic carbocycles. The van der Waals surface area contributed by atoms with Gasteiger partial charge in [0.1, 0.15) is 18.2 Å². The zero-order valence-corrected chi connectivity index (χ0v) is 13.9. The summed E-state index contributed by atoms with van der Waals surface area (Å²) in [5.74, 6) is -1.66. The average molecular weight is 372 g/mol. The van der Waals surface area contributed by atoms with E-state index in [2.05, 4.69) is 0 Å². The molecule has 3 atom stereocenters. The Kier molecular flexibility index (Phi) is 4.81. The maximum atomic E-state index is 12.9. The fraction of sp³-hybridized carbons (Fsp3) is 0.588. The van der Waals surface area contributed by atoms with Crippen molar-refractivity contribution in [3.8, 4) is 0 Å². The van der Waals surface area contributed by atoms with Gasteiger partial charge < -0.3 is 14.6 Å². The molecule has 1 aliphatic heterocycles. The molecule has 26 heavy (non-hydrogen) atoms. The fourth-order valence-electron chi connectivity index (χ4n) is 4.14. The Balaban J connectivity index is 1.87. The number of carbonyl (C=O) groups excluding carboxylic acids is 1. The van der Waals surface area contributed by atoms with Crippen LogP contribution in [0, 0.1) is 5.92 Å². The number of halogens is 3. The molecule has 3 unspecified atom stereocenters. The van der Waals surface area contributed by atoms with Gasteiger partial charge in [0.05, 0.1) is 0 Å².